The van der Waals surface area contributed by atoms with E-state index in [1.54, 1.807) is 4.31 Å². The summed E-state index contributed by atoms with van der Waals surface area (Å²) < 4.78 is 49.0. The molecule has 35 heavy (non-hydrogen) atoms. The maximum atomic E-state index is 11.9. The number of anilines is 1. The highest BCUT2D eigenvalue weighted by molar-refractivity contribution is 7.91. The quantitative estimate of drug-likeness (QED) is 0.522. The predicted molar refractivity (Wildman–Crippen MR) is 141 cm³/mol. The van der Waals surface area contributed by atoms with Crippen molar-refractivity contribution in [2.75, 3.05) is 49.3 Å². The van der Waals surface area contributed by atoms with Crippen LogP contribution < -0.4 is 5.32 Å². The fourth-order valence-corrected chi connectivity index (χ4v) is 7.15. The van der Waals surface area contributed by atoms with Crippen LogP contribution in [0.15, 0.2) is 48.5 Å². The Morgan fingerprint density at radius 1 is 1.00 bits per heavy atom. The fraction of sp³-hybridized carbons (Fsp3) is 0.440. The molecule has 8 nitrogen and oxygen atoms in total. The smallest absolute Gasteiger partial charge is 0.211 e. The van der Waals surface area contributed by atoms with Gasteiger partial charge in [-0.2, -0.15) is 0 Å². The van der Waals surface area contributed by atoms with Gasteiger partial charge in [-0.3, -0.25) is 4.90 Å². The highest BCUT2D eigenvalue weighted by Crippen LogP contribution is 2.32. The zero-order valence-corrected chi connectivity index (χ0v) is 21.5. The SMILES string of the molecule is CS(=O)(=O)N1CCC(Nc2cc(CN3CCS(=O)(=O)CC3)cc3cc(-c4ccccc4)[nH]c23)CC1. The van der Waals surface area contributed by atoms with Crippen molar-refractivity contribution < 1.29 is 16.8 Å². The van der Waals surface area contributed by atoms with Crippen molar-refractivity contribution in [2.24, 2.45) is 0 Å². The van der Waals surface area contributed by atoms with Gasteiger partial charge in [0.1, 0.15) is 0 Å². The summed E-state index contributed by atoms with van der Waals surface area (Å²) in [5.74, 6) is 0.420. The Bertz CT molecular complexity index is 1400. The molecule has 0 atom stereocenters. The van der Waals surface area contributed by atoms with E-state index < -0.39 is 19.9 Å². The van der Waals surface area contributed by atoms with Gasteiger partial charge < -0.3 is 10.3 Å². The molecule has 2 saturated heterocycles. The highest BCUT2D eigenvalue weighted by Gasteiger charge is 2.26. The number of piperidine rings is 1. The molecule has 0 unspecified atom stereocenters. The number of hydrogen-bond acceptors (Lipinski definition) is 6. The second kappa shape index (κ2) is 9.57. The summed E-state index contributed by atoms with van der Waals surface area (Å²) in [7, 11) is -6.08. The fourth-order valence-electron chi connectivity index (χ4n) is 5.00. The third-order valence-corrected chi connectivity index (χ3v) is 9.91. The molecule has 0 radical (unpaired) electrons. The van der Waals surface area contributed by atoms with Crippen molar-refractivity contribution in [2.45, 2.75) is 25.4 Å². The number of H-pyrrole nitrogens is 1. The Hall–Kier alpha value is -2.40. The van der Waals surface area contributed by atoms with E-state index in [0.717, 1.165) is 46.3 Å². The topological polar surface area (TPSA) is 103 Å². The molecule has 0 bridgehead atoms. The summed E-state index contributed by atoms with van der Waals surface area (Å²) in [6.45, 7) is 2.83. The molecule has 0 amide bonds. The van der Waals surface area contributed by atoms with Crippen LogP contribution in [0.4, 0.5) is 5.69 Å². The molecule has 3 heterocycles. The van der Waals surface area contributed by atoms with E-state index in [0.29, 0.717) is 32.7 Å². The molecule has 2 aromatic carbocycles. The minimum atomic E-state index is -3.16. The lowest BCUT2D eigenvalue weighted by atomic mass is 10.0. The van der Waals surface area contributed by atoms with Crippen LogP contribution in [0.3, 0.4) is 0 Å². The first-order chi connectivity index (χ1) is 16.7. The zero-order chi connectivity index (χ0) is 24.6. The van der Waals surface area contributed by atoms with Gasteiger partial charge in [-0.1, -0.05) is 30.3 Å². The van der Waals surface area contributed by atoms with Gasteiger partial charge in [-0.25, -0.2) is 21.1 Å². The first kappa shape index (κ1) is 24.3. The van der Waals surface area contributed by atoms with Crippen LogP contribution in [-0.4, -0.2) is 81.0 Å². The zero-order valence-electron chi connectivity index (χ0n) is 19.9. The highest BCUT2D eigenvalue weighted by atomic mass is 32.2. The second-order valence-corrected chi connectivity index (χ2v) is 14.0. The van der Waals surface area contributed by atoms with Gasteiger partial charge in [0.05, 0.1) is 29.0 Å². The summed E-state index contributed by atoms with van der Waals surface area (Å²) in [5, 5.41) is 4.78. The summed E-state index contributed by atoms with van der Waals surface area (Å²) >= 11 is 0. The third-order valence-electron chi connectivity index (χ3n) is 7.00. The Balaban J connectivity index is 1.42. The number of nitrogens with one attached hydrogen (secondary N) is 2. The standard InChI is InChI=1S/C25H32N4O4S2/c1-34(30,31)29-9-7-22(8-10-29)26-24-16-19(18-28-11-13-35(32,33)14-12-28)15-21-17-23(27-25(21)24)20-5-3-2-4-6-20/h2-6,15-17,22,26-27H,7-14,18H2,1H3. The number of sulfonamides is 1. The molecule has 2 N–H and O–H groups in total. The first-order valence-corrected chi connectivity index (χ1v) is 15.7. The number of rotatable bonds is 6. The molecule has 0 spiro atoms. The Morgan fingerprint density at radius 3 is 2.34 bits per heavy atom. The largest absolute Gasteiger partial charge is 0.381 e. The lowest BCUT2D eigenvalue weighted by Crippen LogP contribution is -2.41. The minimum absolute atomic E-state index is 0.176. The average Bonchev–Trinajstić information content (AvgIpc) is 3.25. The maximum Gasteiger partial charge on any atom is 0.211 e. The number of hydrogen-bond donors (Lipinski definition) is 2. The third kappa shape index (κ3) is 5.72. The van der Waals surface area contributed by atoms with Crippen LogP contribution in [0, 0.1) is 0 Å². The monoisotopic (exact) mass is 516 g/mol. The van der Waals surface area contributed by atoms with E-state index >= 15 is 0 Å². The summed E-state index contributed by atoms with van der Waals surface area (Å²) in [6.07, 6.45) is 2.76. The van der Waals surface area contributed by atoms with Crippen LogP contribution >= 0.6 is 0 Å². The van der Waals surface area contributed by atoms with E-state index in [4.69, 9.17) is 0 Å². The Morgan fingerprint density at radius 2 is 1.69 bits per heavy atom. The van der Waals surface area contributed by atoms with Crippen molar-refractivity contribution in [1.29, 1.82) is 0 Å². The van der Waals surface area contributed by atoms with Crippen molar-refractivity contribution in [3.05, 3.63) is 54.1 Å². The van der Waals surface area contributed by atoms with Gasteiger partial charge in [0.15, 0.2) is 9.84 Å². The van der Waals surface area contributed by atoms with E-state index in [9.17, 15) is 16.8 Å². The van der Waals surface area contributed by atoms with Gasteiger partial charge in [0, 0.05) is 49.8 Å². The van der Waals surface area contributed by atoms with Gasteiger partial charge in [-0.05, 0) is 42.2 Å². The van der Waals surface area contributed by atoms with E-state index in [2.05, 4.69) is 45.5 Å². The van der Waals surface area contributed by atoms with Gasteiger partial charge >= 0.3 is 0 Å². The van der Waals surface area contributed by atoms with Crippen molar-refractivity contribution >= 4 is 36.5 Å². The lowest BCUT2D eigenvalue weighted by molar-refractivity contribution is 0.288. The van der Waals surface area contributed by atoms with Crippen molar-refractivity contribution in [1.82, 2.24) is 14.2 Å². The van der Waals surface area contributed by atoms with Crippen LogP contribution in [0.2, 0.25) is 0 Å². The van der Waals surface area contributed by atoms with Gasteiger partial charge in [0.2, 0.25) is 10.0 Å². The predicted octanol–water partition coefficient (Wildman–Crippen LogP) is 2.90. The van der Waals surface area contributed by atoms with Crippen LogP contribution in [0.1, 0.15) is 18.4 Å². The minimum Gasteiger partial charge on any atom is -0.381 e. The second-order valence-electron chi connectivity index (χ2n) is 9.67. The number of fused-ring (bicyclic) bond motifs is 1. The molecule has 2 aliphatic rings. The number of aromatic amines is 1. The number of benzene rings is 2. The molecule has 0 aliphatic carbocycles. The number of nitrogens with zero attached hydrogens (tertiary/aromatic N) is 2. The van der Waals surface area contributed by atoms with Gasteiger partial charge in [-0.15, -0.1) is 0 Å². The van der Waals surface area contributed by atoms with Crippen LogP contribution in [-0.2, 0) is 26.4 Å². The molecule has 3 aromatic rings. The molecule has 10 heteroatoms. The molecular weight excluding hydrogens is 484 g/mol. The van der Waals surface area contributed by atoms with E-state index in [1.165, 1.54) is 6.26 Å². The molecule has 188 valence electrons. The molecular formula is C25H32N4O4S2. The van der Waals surface area contributed by atoms with Gasteiger partial charge in [0.25, 0.3) is 0 Å². The van der Waals surface area contributed by atoms with Crippen LogP contribution in [0.25, 0.3) is 22.2 Å². The molecule has 1 aromatic heterocycles. The van der Waals surface area contributed by atoms with E-state index in [-0.39, 0.29) is 17.5 Å². The first-order valence-electron chi connectivity index (χ1n) is 12.0. The van der Waals surface area contributed by atoms with E-state index in [1.807, 2.05) is 18.2 Å². The van der Waals surface area contributed by atoms with Crippen molar-refractivity contribution in [3.63, 3.8) is 0 Å². The maximum absolute atomic E-state index is 11.9. The normalized spacial score (nSPS) is 20.3. The molecule has 2 fully saturated rings. The summed E-state index contributed by atoms with van der Waals surface area (Å²) in [6, 6.07) is 16.9. The number of aromatic nitrogens is 1. The lowest BCUT2D eigenvalue weighted by Gasteiger charge is -2.31. The Labute approximate surface area is 207 Å². The average molecular weight is 517 g/mol. The van der Waals surface area contributed by atoms with Crippen molar-refractivity contribution in [3.8, 4) is 11.3 Å². The molecule has 2 aliphatic heterocycles. The number of sulfone groups is 1. The molecule has 5 rings (SSSR count). The summed E-state index contributed by atoms with van der Waals surface area (Å²) in [5.41, 5.74) is 5.31. The molecule has 0 saturated carbocycles. The summed E-state index contributed by atoms with van der Waals surface area (Å²) in [4.78, 5) is 5.78. The Kier molecular flexibility index (Phi) is 6.65. The van der Waals surface area contributed by atoms with Crippen LogP contribution in [0.5, 0.6) is 0 Å².